The van der Waals surface area contributed by atoms with E-state index in [4.69, 9.17) is 49.1 Å². The van der Waals surface area contributed by atoms with Gasteiger partial charge < -0.3 is 96.6 Å². The van der Waals surface area contributed by atoms with E-state index in [1.54, 1.807) is 45.0 Å². The molecule has 42 heteroatoms. The molecular weight excluding hydrogens is 1520 g/mol. The van der Waals surface area contributed by atoms with Gasteiger partial charge in [0.1, 0.15) is 126 Å². The summed E-state index contributed by atoms with van der Waals surface area (Å²) in [6.07, 6.45) is -7.70. The van der Waals surface area contributed by atoms with Crippen molar-refractivity contribution >= 4 is 144 Å². The van der Waals surface area contributed by atoms with Gasteiger partial charge in [0.25, 0.3) is 29.5 Å². The fourth-order valence-corrected chi connectivity index (χ4v) is 17.6. The van der Waals surface area contributed by atoms with Crippen molar-refractivity contribution in [3.05, 3.63) is 112 Å². The highest BCUT2D eigenvalue weighted by molar-refractivity contribution is 8.00. The molecule has 107 heavy (non-hydrogen) atoms. The molecule has 3 unspecified atom stereocenters. The highest BCUT2D eigenvalue weighted by Crippen LogP contribution is 2.43. The number of nitrogens with one attached hydrogen (secondary N) is 6. The number of hydrogen-bond donors (Lipinski definition) is 12. The van der Waals surface area contributed by atoms with E-state index in [2.05, 4.69) is 46.9 Å². The van der Waals surface area contributed by atoms with Gasteiger partial charge in [-0.25, -0.2) is 44.3 Å². The van der Waals surface area contributed by atoms with Crippen LogP contribution in [0, 0.1) is 0 Å². The highest BCUT2D eigenvalue weighted by atomic mass is 32.2. The number of aromatic hydroxyl groups is 1. The number of amides is 7. The highest BCUT2D eigenvalue weighted by Gasteiger charge is 2.50. The number of carboxylic acid groups (broad SMARTS) is 1. The molecule has 1 fully saturated rings. The van der Waals surface area contributed by atoms with Crippen molar-refractivity contribution in [1.29, 1.82) is 0 Å². The predicted molar refractivity (Wildman–Crippen MR) is 382 cm³/mol. The predicted octanol–water partition coefficient (Wildman–Crippen LogP) is 3.03. The molecule has 7 amide bonds. The summed E-state index contributed by atoms with van der Waals surface area (Å²) in [6, 6.07) is -1.05. The number of carboxylic acids is 1. The fraction of sp³-hybridized carbons (Fsp3) is 0.385. The first-order valence-corrected chi connectivity index (χ1v) is 37.7. The third-order valence-corrected chi connectivity index (χ3v) is 23.1. The van der Waals surface area contributed by atoms with Crippen LogP contribution in [0.15, 0.2) is 56.9 Å². The molecule has 0 aliphatic carbocycles. The summed E-state index contributed by atoms with van der Waals surface area (Å²) < 4.78 is 38.2. The molecular formula is C65H67N15O21S6. The molecule has 0 saturated carbocycles. The van der Waals surface area contributed by atoms with E-state index in [-0.39, 0.29) is 110 Å². The topological polar surface area (TPSA) is 511 Å². The number of esters is 2. The largest absolute Gasteiger partial charge is 0.506 e. The van der Waals surface area contributed by atoms with Gasteiger partial charge in [0.2, 0.25) is 11.8 Å². The Balaban J connectivity index is 1.01. The number of aliphatic hydroxyl groups excluding tert-OH is 1. The first-order valence-electron chi connectivity index (χ1n) is 32.3. The Kier molecular flexibility index (Phi) is 22.5. The Morgan fingerprint density at radius 3 is 2.20 bits per heavy atom. The number of methoxy groups -OCH3 is 1. The van der Waals surface area contributed by atoms with Gasteiger partial charge in [0.05, 0.1) is 43.1 Å². The van der Waals surface area contributed by atoms with E-state index in [9.17, 15) is 54.4 Å². The minimum absolute atomic E-state index is 0.00155. The average molecular weight is 1590 g/mol. The minimum atomic E-state index is -1.94. The van der Waals surface area contributed by atoms with E-state index in [0.29, 0.717) is 16.5 Å². The third kappa shape index (κ3) is 16.0. The van der Waals surface area contributed by atoms with Crippen LogP contribution in [0.25, 0.3) is 49.3 Å². The molecule has 564 valence electrons. The summed E-state index contributed by atoms with van der Waals surface area (Å²) in [6.45, 7) is 5.18. The molecule has 1 saturated heterocycles. The summed E-state index contributed by atoms with van der Waals surface area (Å²) in [5, 5.41) is 77.7. The molecule has 12 bridgehead atoms. The van der Waals surface area contributed by atoms with Gasteiger partial charge in [-0.1, -0.05) is 12.1 Å². The van der Waals surface area contributed by atoms with Gasteiger partial charge in [-0.3, -0.25) is 33.6 Å². The van der Waals surface area contributed by atoms with Crippen molar-refractivity contribution < 1.29 is 102 Å². The number of aromatic nitrogens is 7. The number of nitrogens with two attached hydrogens (primary N) is 1. The molecule has 12 atom stereocenters. The van der Waals surface area contributed by atoms with Gasteiger partial charge in [-0.2, -0.15) is 4.73 Å². The lowest BCUT2D eigenvalue weighted by atomic mass is 9.85. The number of ether oxygens (including phenoxy) is 6. The SMILES string of the molecule is CO/C(C)=C1/NC(=O)C([C@@H](C)O)NC(=O)c2csc(n2)-c2cc(O)c(-c3nc(C(=O)NC(SCC(NC(C)=O)C(=O)O)C(N)=O)cs3)nc2-c2csc(n2)[C@@H]2COC(=O)c3c4c5c(cccc5n3O)COC(=O)[C@@H](O[C@H]3C[C@](C)(O)[C@H](N(C)C)[C@H](C)O3)[C@@H](OC4)[C@H](NC(=O)c3csc1n3)c1nc(cs1)C(=O)N2. The zero-order valence-electron chi connectivity index (χ0n) is 57.5. The smallest absolute Gasteiger partial charge is 0.358 e. The molecule has 0 radical (unpaired) electrons. The van der Waals surface area contributed by atoms with Crippen molar-refractivity contribution in [3.8, 4) is 38.4 Å². The maximum atomic E-state index is 15.2. The number of fused-ring (bicyclic) bond motifs is 15. The zero-order chi connectivity index (χ0) is 76.8. The molecule has 0 spiro atoms. The second-order valence-electron chi connectivity index (χ2n) is 25.2. The van der Waals surface area contributed by atoms with Crippen LogP contribution in [0.3, 0.4) is 0 Å². The Morgan fingerprint density at radius 1 is 0.841 bits per heavy atom. The molecule has 11 heterocycles. The van der Waals surface area contributed by atoms with Crippen molar-refractivity contribution in [2.45, 2.75) is 126 Å². The van der Waals surface area contributed by atoms with E-state index in [1.807, 2.05) is 0 Å². The first-order chi connectivity index (χ1) is 50.9. The van der Waals surface area contributed by atoms with E-state index < -0.39 is 168 Å². The van der Waals surface area contributed by atoms with Crippen LogP contribution < -0.4 is 37.6 Å². The normalized spacial score (nSPS) is 23.5. The minimum Gasteiger partial charge on any atom is -0.506 e. The van der Waals surface area contributed by atoms with Crippen LogP contribution in [-0.2, 0) is 65.6 Å². The number of thiazole rings is 5. The van der Waals surface area contributed by atoms with Crippen LogP contribution in [-0.4, -0.2) is 218 Å². The Bertz CT molecular complexity index is 4910. The lowest BCUT2D eigenvalue weighted by Gasteiger charge is -2.48. The number of aliphatic carboxylic acids is 1. The Morgan fingerprint density at radius 2 is 1.50 bits per heavy atom. The number of nitrogens with zero attached hydrogens (tertiary/aromatic N) is 8. The molecule has 1 aromatic carbocycles. The summed E-state index contributed by atoms with van der Waals surface area (Å²) in [4.78, 5) is 169. The number of carbonyl (C=O) groups is 10. The van der Waals surface area contributed by atoms with Crippen LogP contribution in [0.4, 0.5) is 0 Å². The number of cyclic esters (lactones) is 2. The van der Waals surface area contributed by atoms with Gasteiger partial charge in [-0.15, -0.1) is 68.4 Å². The molecule has 8 aromatic rings. The lowest BCUT2D eigenvalue weighted by Crippen LogP contribution is -2.62. The molecule has 4 aliphatic rings. The van der Waals surface area contributed by atoms with Crippen molar-refractivity contribution in [2.75, 3.05) is 33.6 Å². The fourth-order valence-electron chi connectivity index (χ4n) is 12.5. The molecule has 36 nitrogen and oxygen atoms in total. The third-order valence-electron chi connectivity index (χ3n) is 17.4. The second-order valence-corrected chi connectivity index (χ2v) is 30.7. The standard InChI is InChI=1S/C65H67N15O21S6/c1-23(81)41-55(89)76-42(24(2)96-8)58-71-34(20-104-58)53(87)77-45-47-48(101-39-13-65(5,94)49(79(6)7)25(3)100-39)64(93)98-14-27-10-9-11-37-40(27)29(15-97-47)46(80(37)95)63(92)99-16-30(68-51(85)32-19-106-60(45)73-32)57-69-31(17-103-57)43-28(56-70-33(18-102-56)52(86)75-41)12-38(83)44(74-43)59-72-35(21-105-59)54(88)78-61(50(66)84)107-22-36(62(90)91)67-26(4)82/h9-12,17-21,23,25,30,36,39,41,45,47-49,61,81,83,94-95H,13-16,22H2,1-8H3,(H2,66,84)(H,67,82)(H,68,85)(H,75,86)(H,76,89)(H,77,87)(H,78,88)(H,90,91)/b42-24+/t23-,25+,30+,36?,39+,41?,45+,47+,48+,49-,61?,65+/m1/s1. The monoisotopic (exact) mass is 1590 g/mol. The number of rotatable bonds is 14. The van der Waals surface area contributed by atoms with Crippen LogP contribution >= 0.6 is 68.4 Å². The maximum absolute atomic E-state index is 15.2. The molecule has 12 rings (SSSR count). The number of allylic oxidation sites excluding steroid dienone is 1. The van der Waals surface area contributed by atoms with Crippen molar-refractivity contribution in [2.24, 2.45) is 5.73 Å². The van der Waals surface area contributed by atoms with Crippen LogP contribution in [0.2, 0.25) is 0 Å². The van der Waals surface area contributed by atoms with Crippen molar-refractivity contribution in [1.82, 2.24) is 71.4 Å². The summed E-state index contributed by atoms with van der Waals surface area (Å²) in [5.41, 5.74) is 2.15. The summed E-state index contributed by atoms with van der Waals surface area (Å²) >= 11 is 4.89. The number of thioether (sulfide) groups is 1. The first kappa shape index (κ1) is 76.7. The Labute approximate surface area is 629 Å². The maximum Gasteiger partial charge on any atom is 0.358 e. The number of aliphatic hydroxyl groups is 2. The average Bonchev–Trinajstić information content (AvgIpc) is 1.63. The van der Waals surface area contributed by atoms with E-state index >= 15 is 19.2 Å². The number of hydrogen-bond acceptors (Lipinski definition) is 33. The number of pyridine rings is 1. The summed E-state index contributed by atoms with van der Waals surface area (Å²) in [7, 11) is 4.80. The van der Waals surface area contributed by atoms with Gasteiger partial charge in [-0.05, 0) is 59.5 Å². The number of likely N-dealkylation sites (N-methyl/N-ethyl adjacent to an activating group) is 1. The van der Waals surface area contributed by atoms with Gasteiger partial charge in [0, 0.05) is 62.5 Å². The molecule has 4 aliphatic heterocycles. The van der Waals surface area contributed by atoms with E-state index in [0.717, 1.165) is 63.6 Å². The summed E-state index contributed by atoms with van der Waals surface area (Å²) in [5.74, 6) is -11.2. The zero-order valence-corrected chi connectivity index (χ0v) is 62.4. The van der Waals surface area contributed by atoms with E-state index in [1.165, 1.54) is 60.0 Å². The van der Waals surface area contributed by atoms with Gasteiger partial charge >= 0.3 is 17.9 Å². The Hall–Kier alpha value is -9.99. The van der Waals surface area contributed by atoms with Crippen LogP contribution in [0.5, 0.6) is 5.75 Å². The van der Waals surface area contributed by atoms with Crippen LogP contribution in [0.1, 0.15) is 132 Å². The quantitative estimate of drug-likeness (QED) is 0.0322. The lowest BCUT2D eigenvalue weighted by molar-refractivity contribution is -0.280. The number of primary amides is 1. The number of carbonyl (C=O) groups excluding carboxylic acids is 9. The molecule has 7 aromatic heterocycles. The van der Waals surface area contributed by atoms with Gasteiger partial charge in [0.15, 0.2) is 23.5 Å². The number of benzene rings is 1. The van der Waals surface area contributed by atoms with Crippen molar-refractivity contribution in [3.63, 3.8) is 0 Å². The second kappa shape index (κ2) is 31.4. The molecule has 13 N–H and O–H groups in total.